The molecule has 0 unspecified atom stereocenters. The molecule has 0 amide bonds. The molecule has 1 aromatic carbocycles. The Balaban J connectivity index is 0.00000196. The standard InChI is InChI=1S/C8H5BCl2F3.K/c10-7-1-2-8(11)6(5-7)3-4-9(12,13)14;/h1-5H;/q-1;+1/b4-3+;. The molecule has 0 nitrogen and oxygen atoms in total. The fourth-order valence-electron chi connectivity index (χ4n) is 0.855. The van der Waals surface area contributed by atoms with Gasteiger partial charge in [0.15, 0.2) is 0 Å². The van der Waals surface area contributed by atoms with Gasteiger partial charge in [0, 0.05) is 10.0 Å². The number of rotatable bonds is 2. The molecule has 0 saturated carbocycles. The normalized spacial score (nSPS) is 11.5. The number of halogens is 5. The molecular formula is C8H5BCl2F3K. The first kappa shape index (κ1) is 16.0. The van der Waals surface area contributed by atoms with E-state index in [4.69, 9.17) is 23.2 Å². The van der Waals surface area contributed by atoms with Crippen molar-refractivity contribution in [3.8, 4) is 0 Å². The third-order valence-corrected chi connectivity index (χ3v) is 2.03. The second kappa shape index (κ2) is 6.69. The van der Waals surface area contributed by atoms with Gasteiger partial charge in [-0.2, -0.15) is 0 Å². The first-order chi connectivity index (χ1) is 6.38. The van der Waals surface area contributed by atoms with Gasteiger partial charge in [0.05, 0.1) is 0 Å². The quantitative estimate of drug-likeness (QED) is 0.718. The second-order valence-corrected chi connectivity index (χ2v) is 3.49. The van der Waals surface area contributed by atoms with Gasteiger partial charge in [-0.3, -0.25) is 0 Å². The minimum absolute atomic E-state index is 0. The van der Waals surface area contributed by atoms with E-state index in [0.717, 1.165) is 6.08 Å². The third-order valence-electron chi connectivity index (χ3n) is 1.45. The first-order valence-corrected chi connectivity index (χ1v) is 4.48. The Kier molecular flexibility index (Phi) is 7.15. The van der Waals surface area contributed by atoms with Crippen molar-refractivity contribution in [3.05, 3.63) is 39.8 Å². The fourth-order valence-corrected chi connectivity index (χ4v) is 1.22. The van der Waals surface area contributed by atoms with Crippen molar-refractivity contribution in [1.82, 2.24) is 0 Å². The van der Waals surface area contributed by atoms with Crippen LogP contribution in [-0.4, -0.2) is 6.98 Å². The van der Waals surface area contributed by atoms with Gasteiger partial charge in [0.25, 0.3) is 0 Å². The van der Waals surface area contributed by atoms with Gasteiger partial charge in [0.2, 0.25) is 0 Å². The summed E-state index contributed by atoms with van der Waals surface area (Å²) in [7, 11) is 0. The predicted octanol–water partition coefficient (Wildman–Crippen LogP) is 1.40. The van der Waals surface area contributed by atoms with E-state index >= 15 is 0 Å². The average molecular weight is 279 g/mol. The molecule has 0 aromatic heterocycles. The summed E-state index contributed by atoms with van der Waals surface area (Å²) in [5.74, 6) is 0.178. The van der Waals surface area contributed by atoms with Crippen LogP contribution in [0.1, 0.15) is 5.56 Å². The minimum Gasteiger partial charge on any atom is -0.445 e. The number of hydrogen-bond acceptors (Lipinski definition) is 0. The van der Waals surface area contributed by atoms with Crippen molar-refractivity contribution < 1.29 is 64.3 Å². The molecule has 0 bridgehead atoms. The van der Waals surface area contributed by atoms with Crippen molar-refractivity contribution in [1.29, 1.82) is 0 Å². The summed E-state index contributed by atoms with van der Waals surface area (Å²) in [6.45, 7) is -4.94. The topological polar surface area (TPSA) is 0 Å². The smallest absolute Gasteiger partial charge is 0.445 e. The minimum atomic E-state index is -4.94. The predicted molar refractivity (Wildman–Crippen MR) is 54.6 cm³/mol. The van der Waals surface area contributed by atoms with Gasteiger partial charge in [-0.25, -0.2) is 0 Å². The van der Waals surface area contributed by atoms with Crippen LogP contribution in [0.3, 0.4) is 0 Å². The van der Waals surface area contributed by atoms with E-state index in [2.05, 4.69) is 0 Å². The Morgan fingerprint density at radius 1 is 1.13 bits per heavy atom. The molecule has 76 valence electrons. The van der Waals surface area contributed by atoms with Crippen LogP contribution in [-0.2, 0) is 0 Å². The summed E-state index contributed by atoms with van der Waals surface area (Å²) in [6, 6.07) is 4.34. The van der Waals surface area contributed by atoms with Gasteiger partial charge in [-0.05, 0) is 23.8 Å². The maximum absolute atomic E-state index is 11.9. The van der Waals surface area contributed by atoms with E-state index in [-0.39, 0.29) is 67.9 Å². The molecule has 1 rings (SSSR count). The van der Waals surface area contributed by atoms with E-state index in [9.17, 15) is 12.9 Å². The van der Waals surface area contributed by atoms with Crippen LogP contribution < -0.4 is 51.4 Å². The summed E-state index contributed by atoms with van der Waals surface area (Å²) in [6.07, 6.45) is 0.911. The third kappa shape index (κ3) is 6.36. The Labute approximate surface area is 138 Å². The summed E-state index contributed by atoms with van der Waals surface area (Å²) < 4.78 is 35.6. The van der Waals surface area contributed by atoms with Crippen LogP contribution in [0.25, 0.3) is 6.08 Å². The van der Waals surface area contributed by atoms with Crippen molar-refractivity contribution in [2.45, 2.75) is 0 Å². The Morgan fingerprint density at radius 3 is 2.27 bits per heavy atom. The van der Waals surface area contributed by atoms with Crippen molar-refractivity contribution >= 4 is 36.3 Å². The van der Waals surface area contributed by atoms with Crippen molar-refractivity contribution in [2.75, 3.05) is 0 Å². The van der Waals surface area contributed by atoms with E-state index < -0.39 is 6.98 Å². The Hall–Kier alpha value is 1.03. The molecule has 0 aliphatic carbocycles. The molecule has 0 saturated heterocycles. The summed E-state index contributed by atoms with van der Waals surface area (Å²) in [5.41, 5.74) is 0.262. The van der Waals surface area contributed by atoms with E-state index in [1.807, 2.05) is 0 Å². The van der Waals surface area contributed by atoms with Crippen LogP contribution in [0.15, 0.2) is 24.2 Å². The van der Waals surface area contributed by atoms with Crippen LogP contribution in [0.5, 0.6) is 0 Å². The maximum Gasteiger partial charge on any atom is 1.00 e. The van der Waals surface area contributed by atoms with Crippen molar-refractivity contribution in [3.63, 3.8) is 0 Å². The fraction of sp³-hybridized carbons (Fsp3) is 0. The first-order valence-electron chi connectivity index (χ1n) is 3.73. The van der Waals surface area contributed by atoms with E-state index in [0.29, 0.717) is 5.02 Å². The SMILES string of the molecule is F[B-](F)(F)/C=C/c1cc(Cl)ccc1Cl.[K+]. The molecule has 0 fully saturated rings. The summed E-state index contributed by atoms with van der Waals surface area (Å²) in [5, 5.41) is 0.592. The molecule has 0 radical (unpaired) electrons. The molecular weight excluding hydrogens is 274 g/mol. The maximum atomic E-state index is 11.9. The van der Waals surface area contributed by atoms with Crippen LogP contribution in [0.2, 0.25) is 10.0 Å². The number of hydrogen-bond donors (Lipinski definition) is 0. The molecule has 0 aliphatic heterocycles. The van der Waals surface area contributed by atoms with Crippen LogP contribution in [0, 0.1) is 0 Å². The zero-order chi connectivity index (χ0) is 10.8. The van der Waals surface area contributed by atoms with Gasteiger partial charge < -0.3 is 12.9 Å². The molecule has 0 spiro atoms. The monoisotopic (exact) mass is 278 g/mol. The molecule has 0 aliphatic rings. The molecule has 7 heteroatoms. The van der Waals surface area contributed by atoms with Gasteiger partial charge in [-0.15, -0.1) is 5.98 Å². The Morgan fingerprint density at radius 2 is 1.73 bits per heavy atom. The Bertz CT molecular complexity index is 365. The van der Waals surface area contributed by atoms with Gasteiger partial charge in [-0.1, -0.05) is 29.3 Å². The molecule has 15 heavy (non-hydrogen) atoms. The molecule has 0 N–H and O–H groups in total. The van der Waals surface area contributed by atoms with Crippen LogP contribution in [0.4, 0.5) is 12.9 Å². The van der Waals surface area contributed by atoms with Crippen molar-refractivity contribution in [2.24, 2.45) is 0 Å². The van der Waals surface area contributed by atoms with Gasteiger partial charge >= 0.3 is 58.4 Å². The zero-order valence-electron chi connectivity index (χ0n) is 7.85. The van der Waals surface area contributed by atoms with Gasteiger partial charge in [0.1, 0.15) is 0 Å². The zero-order valence-corrected chi connectivity index (χ0v) is 12.5. The second-order valence-electron chi connectivity index (χ2n) is 2.65. The average Bonchev–Trinajstić information content (AvgIpc) is 2.05. The van der Waals surface area contributed by atoms with Crippen LogP contribution >= 0.6 is 23.2 Å². The molecule has 0 atom stereocenters. The number of benzene rings is 1. The molecule has 1 aromatic rings. The molecule has 0 heterocycles. The largest absolute Gasteiger partial charge is 1.00 e. The summed E-state index contributed by atoms with van der Waals surface area (Å²) >= 11 is 11.3. The summed E-state index contributed by atoms with van der Waals surface area (Å²) in [4.78, 5) is 0. The van der Waals surface area contributed by atoms with E-state index in [1.165, 1.54) is 18.2 Å². The van der Waals surface area contributed by atoms with E-state index in [1.54, 1.807) is 0 Å².